The number of carbonyl (C=O) groups is 1. The molecule has 0 aliphatic carbocycles. The summed E-state index contributed by atoms with van der Waals surface area (Å²) in [7, 11) is 0. The summed E-state index contributed by atoms with van der Waals surface area (Å²) in [6, 6.07) is 12.8. The molecular formula is C21H20FN3O2. The first-order chi connectivity index (χ1) is 13.0. The number of carbonyl (C=O) groups excluding carboxylic acids is 1. The predicted molar refractivity (Wildman–Crippen MR) is 99.8 cm³/mol. The molecule has 1 aliphatic heterocycles. The lowest BCUT2D eigenvalue weighted by Gasteiger charge is -2.22. The van der Waals surface area contributed by atoms with Crippen LogP contribution >= 0.6 is 0 Å². The van der Waals surface area contributed by atoms with Gasteiger partial charge >= 0.3 is 0 Å². The SMILES string of the molecule is Cc1cc(-c2noc(CCC(=O)N3c4ccccc4C[C@H]3C)n2)ccc1F. The molecule has 0 saturated heterocycles. The first-order valence-electron chi connectivity index (χ1n) is 9.02. The van der Waals surface area contributed by atoms with E-state index in [1.807, 2.05) is 23.1 Å². The zero-order valence-corrected chi connectivity index (χ0v) is 15.3. The number of hydrogen-bond donors (Lipinski definition) is 0. The van der Waals surface area contributed by atoms with Gasteiger partial charge in [0.25, 0.3) is 0 Å². The molecule has 6 heteroatoms. The lowest BCUT2D eigenvalue weighted by molar-refractivity contribution is -0.118. The van der Waals surface area contributed by atoms with E-state index in [1.165, 1.54) is 11.6 Å². The maximum Gasteiger partial charge on any atom is 0.227 e. The third-order valence-electron chi connectivity index (χ3n) is 4.91. The van der Waals surface area contributed by atoms with Crippen molar-refractivity contribution in [2.45, 2.75) is 39.2 Å². The van der Waals surface area contributed by atoms with Crippen molar-refractivity contribution in [2.75, 3.05) is 4.90 Å². The van der Waals surface area contributed by atoms with E-state index < -0.39 is 0 Å². The van der Waals surface area contributed by atoms with E-state index in [9.17, 15) is 9.18 Å². The van der Waals surface area contributed by atoms with E-state index in [0.29, 0.717) is 35.7 Å². The number of hydrogen-bond acceptors (Lipinski definition) is 4. The molecule has 0 saturated carbocycles. The second-order valence-electron chi connectivity index (χ2n) is 6.92. The molecule has 1 atom stereocenters. The van der Waals surface area contributed by atoms with Crippen molar-refractivity contribution in [3.63, 3.8) is 0 Å². The van der Waals surface area contributed by atoms with Gasteiger partial charge in [-0.05, 0) is 55.7 Å². The molecule has 3 aromatic rings. The van der Waals surface area contributed by atoms with E-state index in [2.05, 4.69) is 23.1 Å². The molecule has 0 spiro atoms. The Hall–Kier alpha value is -3.02. The quantitative estimate of drug-likeness (QED) is 0.699. The molecule has 0 fully saturated rings. The van der Waals surface area contributed by atoms with Gasteiger partial charge in [-0.2, -0.15) is 4.98 Å². The van der Waals surface area contributed by atoms with Crippen LogP contribution in [0.4, 0.5) is 10.1 Å². The molecule has 0 unspecified atom stereocenters. The number of anilines is 1. The fraction of sp³-hybridized carbons (Fsp3) is 0.286. The summed E-state index contributed by atoms with van der Waals surface area (Å²) in [5, 5.41) is 3.95. The number of aromatic nitrogens is 2. The largest absolute Gasteiger partial charge is 0.339 e. The van der Waals surface area contributed by atoms with Crippen LogP contribution in [-0.2, 0) is 17.6 Å². The summed E-state index contributed by atoms with van der Waals surface area (Å²) < 4.78 is 18.7. The molecule has 0 N–H and O–H groups in total. The summed E-state index contributed by atoms with van der Waals surface area (Å²) in [6.07, 6.45) is 1.54. The van der Waals surface area contributed by atoms with Gasteiger partial charge < -0.3 is 9.42 Å². The Morgan fingerprint density at radius 1 is 1.30 bits per heavy atom. The smallest absolute Gasteiger partial charge is 0.227 e. The van der Waals surface area contributed by atoms with Gasteiger partial charge in [-0.25, -0.2) is 4.39 Å². The highest BCUT2D eigenvalue weighted by molar-refractivity contribution is 5.96. The molecule has 0 bridgehead atoms. The molecular weight excluding hydrogens is 345 g/mol. The molecule has 1 aliphatic rings. The first kappa shape index (κ1) is 17.4. The topological polar surface area (TPSA) is 59.2 Å². The third-order valence-corrected chi connectivity index (χ3v) is 4.91. The molecule has 1 amide bonds. The maximum absolute atomic E-state index is 13.4. The molecule has 5 nitrogen and oxygen atoms in total. The summed E-state index contributed by atoms with van der Waals surface area (Å²) in [6.45, 7) is 3.74. The number of rotatable bonds is 4. The number of benzene rings is 2. The lowest BCUT2D eigenvalue weighted by atomic mass is 10.1. The minimum Gasteiger partial charge on any atom is -0.339 e. The van der Waals surface area contributed by atoms with Gasteiger partial charge in [0.1, 0.15) is 5.82 Å². The van der Waals surface area contributed by atoms with Crippen LogP contribution in [0.2, 0.25) is 0 Å². The maximum atomic E-state index is 13.4. The summed E-state index contributed by atoms with van der Waals surface area (Å²) in [5.41, 5.74) is 3.40. The van der Waals surface area contributed by atoms with Crippen molar-refractivity contribution in [1.82, 2.24) is 10.1 Å². The van der Waals surface area contributed by atoms with Gasteiger partial charge in [0.2, 0.25) is 17.6 Å². The zero-order valence-electron chi connectivity index (χ0n) is 15.3. The molecule has 2 heterocycles. The Morgan fingerprint density at radius 3 is 2.93 bits per heavy atom. The van der Waals surface area contributed by atoms with Crippen molar-refractivity contribution >= 4 is 11.6 Å². The second-order valence-corrected chi connectivity index (χ2v) is 6.92. The Morgan fingerprint density at radius 2 is 2.11 bits per heavy atom. The standard InChI is InChI=1S/C21H20FN3O2/c1-13-11-16(7-8-17(13)22)21-23-19(27-24-21)9-10-20(26)25-14(2)12-15-5-3-4-6-18(15)25/h3-8,11,14H,9-10,12H2,1-2H3/t14-/m1/s1. The van der Waals surface area contributed by atoms with Crippen molar-refractivity contribution in [2.24, 2.45) is 0 Å². The van der Waals surface area contributed by atoms with Gasteiger partial charge in [0.15, 0.2) is 0 Å². The molecule has 1 aromatic heterocycles. The highest BCUT2D eigenvalue weighted by atomic mass is 19.1. The number of aryl methyl sites for hydroxylation is 2. The predicted octanol–water partition coefficient (Wildman–Crippen LogP) is 4.09. The zero-order chi connectivity index (χ0) is 19.0. The molecule has 0 radical (unpaired) electrons. The molecule has 4 rings (SSSR count). The van der Waals surface area contributed by atoms with Crippen molar-refractivity contribution < 1.29 is 13.7 Å². The first-order valence-corrected chi connectivity index (χ1v) is 9.02. The van der Waals surface area contributed by atoms with Crippen LogP contribution in [0.15, 0.2) is 47.0 Å². The van der Waals surface area contributed by atoms with Crippen LogP contribution in [0.1, 0.15) is 30.4 Å². The third kappa shape index (κ3) is 3.35. The van der Waals surface area contributed by atoms with Crippen LogP contribution in [-0.4, -0.2) is 22.1 Å². The summed E-state index contributed by atoms with van der Waals surface area (Å²) in [5.74, 6) is 0.582. The Balaban J connectivity index is 1.44. The van der Waals surface area contributed by atoms with E-state index in [-0.39, 0.29) is 17.8 Å². The molecule has 27 heavy (non-hydrogen) atoms. The fourth-order valence-corrected chi connectivity index (χ4v) is 3.54. The Kier molecular flexibility index (Phi) is 4.48. The van der Waals surface area contributed by atoms with Crippen LogP contribution in [0.5, 0.6) is 0 Å². The van der Waals surface area contributed by atoms with Crippen molar-refractivity contribution in [3.05, 3.63) is 65.3 Å². The number of halogens is 1. The number of para-hydroxylation sites is 1. The average Bonchev–Trinajstić information content (AvgIpc) is 3.25. The molecule has 2 aromatic carbocycles. The van der Waals surface area contributed by atoms with Crippen LogP contribution < -0.4 is 4.90 Å². The number of fused-ring (bicyclic) bond motifs is 1. The fourth-order valence-electron chi connectivity index (χ4n) is 3.54. The number of amides is 1. The van der Waals surface area contributed by atoms with E-state index in [1.54, 1.807) is 19.1 Å². The van der Waals surface area contributed by atoms with E-state index >= 15 is 0 Å². The van der Waals surface area contributed by atoms with Gasteiger partial charge in [0.05, 0.1) is 0 Å². The summed E-state index contributed by atoms with van der Waals surface area (Å²) in [4.78, 5) is 18.9. The lowest BCUT2D eigenvalue weighted by Crippen LogP contribution is -2.35. The molecule has 138 valence electrons. The van der Waals surface area contributed by atoms with Gasteiger partial charge in [-0.3, -0.25) is 4.79 Å². The highest BCUT2D eigenvalue weighted by Crippen LogP contribution is 2.32. The van der Waals surface area contributed by atoms with Crippen molar-refractivity contribution in [1.29, 1.82) is 0 Å². The van der Waals surface area contributed by atoms with Gasteiger partial charge in [-0.15, -0.1) is 0 Å². The van der Waals surface area contributed by atoms with Crippen LogP contribution in [0.3, 0.4) is 0 Å². The summed E-state index contributed by atoms with van der Waals surface area (Å²) >= 11 is 0. The minimum atomic E-state index is -0.270. The second kappa shape index (κ2) is 6.95. The van der Waals surface area contributed by atoms with Gasteiger partial charge in [0, 0.05) is 30.1 Å². The highest BCUT2D eigenvalue weighted by Gasteiger charge is 2.30. The van der Waals surface area contributed by atoms with Crippen LogP contribution in [0.25, 0.3) is 11.4 Å². The van der Waals surface area contributed by atoms with Crippen LogP contribution in [0, 0.1) is 12.7 Å². The number of nitrogens with zero attached hydrogens (tertiary/aromatic N) is 3. The average molecular weight is 365 g/mol. The van der Waals surface area contributed by atoms with E-state index in [4.69, 9.17) is 4.52 Å². The monoisotopic (exact) mass is 365 g/mol. The van der Waals surface area contributed by atoms with Gasteiger partial charge in [-0.1, -0.05) is 23.4 Å². The Labute approximate surface area is 156 Å². The van der Waals surface area contributed by atoms with E-state index in [0.717, 1.165) is 12.1 Å². The normalized spacial score (nSPS) is 15.8. The minimum absolute atomic E-state index is 0.0461. The Bertz CT molecular complexity index is 999. The van der Waals surface area contributed by atoms with Crippen molar-refractivity contribution in [3.8, 4) is 11.4 Å².